The zero-order chi connectivity index (χ0) is 14.6. The van der Waals surface area contributed by atoms with Crippen LogP contribution in [0, 0.1) is 5.92 Å². The van der Waals surface area contributed by atoms with Crippen LogP contribution in [0.25, 0.3) is 0 Å². The molecule has 0 saturated heterocycles. The van der Waals surface area contributed by atoms with Gasteiger partial charge in [-0.25, -0.2) is 13.1 Å². The number of thiophene rings is 1. The van der Waals surface area contributed by atoms with Crippen molar-refractivity contribution in [2.45, 2.75) is 51.1 Å². The molecule has 1 heterocycles. The second-order valence-corrected chi connectivity index (χ2v) is 8.96. The molecule has 1 aromatic rings. The van der Waals surface area contributed by atoms with E-state index in [1.54, 1.807) is 6.07 Å². The van der Waals surface area contributed by atoms with Crippen molar-refractivity contribution in [3.63, 3.8) is 0 Å². The summed E-state index contributed by atoms with van der Waals surface area (Å²) in [7, 11) is -3.48. The van der Waals surface area contributed by atoms with Crippen molar-refractivity contribution in [1.82, 2.24) is 4.72 Å². The van der Waals surface area contributed by atoms with Gasteiger partial charge in [0.1, 0.15) is 4.90 Å². The van der Waals surface area contributed by atoms with E-state index in [9.17, 15) is 8.42 Å². The summed E-state index contributed by atoms with van der Waals surface area (Å²) in [6.07, 6.45) is 1.88. The summed E-state index contributed by atoms with van der Waals surface area (Å²) in [5, 5.41) is 0. The van der Waals surface area contributed by atoms with Gasteiger partial charge in [-0.2, -0.15) is 0 Å². The molecule has 0 bridgehead atoms. The van der Waals surface area contributed by atoms with Gasteiger partial charge in [0.15, 0.2) is 0 Å². The maximum absolute atomic E-state index is 12.3. The number of nitrogens with two attached hydrogens (primary N) is 1. The van der Waals surface area contributed by atoms with Gasteiger partial charge >= 0.3 is 0 Å². The van der Waals surface area contributed by atoms with Gasteiger partial charge in [-0.3, -0.25) is 0 Å². The summed E-state index contributed by atoms with van der Waals surface area (Å²) in [5.41, 5.74) is 5.53. The van der Waals surface area contributed by atoms with E-state index in [1.807, 2.05) is 6.92 Å². The Morgan fingerprint density at radius 1 is 1.47 bits per heavy atom. The maximum atomic E-state index is 12.3. The lowest BCUT2D eigenvalue weighted by Gasteiger charge is -2.17. The topological polar surface area (TPSA) is 72.2 Å². The van der Waals surface area contributed by atoms with E-state index < -0.39 is 10.0 Å². The van der Waals surface area contributed by atoms with Gasteiger partial charge in [-0.05, 0) is 41.3 Å². The molecule has 110 valence electrons. The summed E-state index contributed by atoms with van der Waals surface area (Å²) < 4.78 is 27.9. The number of hydrogen-bond donors (Lipinski definition) is 2. The van der Waals surface area contributed by atoms with E-state index >= 15 is 0 Å². The number of hydrogen-bond acceptors (Lipinski definition) is 4. The number of rotatable bonds is 7. The van der Waals surface area contributed by atoms with E-state index in [2.05, 4.69) is 34.5 Å². The molecule has 0 amide bonds. The normalized spacial score (nSPS) is 15.4. The van der Waals surface area contributed by atoms with E-state index in [-0.39, 0.29) is 10.9 Å². The van der Waals surface area contributed by atoms with E-state index in [0.29, 0.717) is 16.2 Å². The molecule has 0 saturated carbocycles. The summed E-state index contributed by atoms with van der Waals surface area (Å²) in [5.74, 6) is 0.503. The summed E-state index contributed by atoms with van der Waals surface area (Å²) >= 11 is 4.65. The minimum absolute atomic E-state index is 0.0759. The van der Waals surface area contributed by atoms with Crippen molar-refractivity contribution in [3.05, 3.63) is 14.7 Å². The Morgan fingerprint density at radius 2 is 2.11 bits per heavy atom. The zero-order valence-electron chi connectivity index (χ0n) is 11.4. The highest BCUT2D eigenvalue weighted by Crippen LogP contribution is 2.31. The van der Waals surface area contributed by atoms with E-state index in [0.717, 1.165) is 17.7 Å². The highest BCUT2D eigenvalue weighted by atomic mass is 79.9. The molecule has 4 nitrogen and oxygen atoms in total. The van der Waals surface area contributed by atoms with Crippen LogP contribution in [0.3, 0.4) is 0 Å². The van der Waals surface area contributed by atoms with Crippen LogP contribution < -0.4 is 10.5 Å². The molecular weight excluding hydrogens is 348 g/mol. The molecule has 2 unspecified atom stereocenters. The van der Waals surface area contributed by atoms with Crippen LogP contribution in [0.4, 0.5) is 0 Å². The van der Waals surface area contributed by atoms with Crippen LogP contribution in [0.2, 0.25) is 0 Å². The first-order valence-corrected chi connectivity index (χ1v) is 9.40. The molecule has 0 aliphatic carbocycles. The first kappa shape index (κ1) is 17.1. The minimum atomic E-state index is -3.48. The zero-order valence-corrected chi connectivity index (χ0v) is 14.7. The highest BCUT2D eigenvalue weighted by Gasteiger charge is 2.23. The molecule has 1 aromatic heterocycles. The lowest BCUT2D eigenvalue weighted by molar-refractivity contribution is 0.445. The fourth-order valence-corrected chi connectivity index (χ4v) is 5.65. The molecular formula is C12H21BrN2O2S2. The van der Waals surface area contributed by atoms with Gasteiger partial charge in [0.25, 0.3) is 0 Å². The smallest absolute Gasteiger partial charge is 0.242 e. The largest absolute Gasteiger partial charge is 0.326 e. The first-order chi connectivity index (χ1) is 8.80. The van der Waals surface area contributed by atoms with Gasteiger partial charge in [-0.1, -0.05) is 20.3 Å². The van der Waals surface area contributed by atoms with Crippen molar-refractivity contribution in [2.75, 3.05) is 0 Å². The van der Waals surface area contributed by atoms with Crippen LogP contribution in [0.15, 0.2) is 14.7 Å². The Hall–Kier alpha value is 0.0500. The third-order valence-corrected chi connectivity index (χ3v) is 6.87. The van der Waals surface area contributed by atoms with E-state index in [4.69, 9.17) is 5.73 Å². The van der Waals surface area contributed by atoms with E-state index in [1.165, 1.54) is 11.3 Å². The van der Waals surface area contributed by atoms with Gasteiger partial charge in [0.05, 0.1) is 3.79 Å². The standard InChI is InChI=1S/C12H21BrN2O2S2/c1-4-8(2)5-9(3)15-19(16,17)11-6-10(7-14)18-12(11)13/h6,8-9,15H,4-5,7,14H2,1-3H3. The van der Waals surface area contributed by atoms with Crippen molar-refractivity contribution in [1.29, 1.82) is 0 Å². The van der Waals surface area contributed by atoms with Crippen LogP contribution in [-0.2, 0) is 16.6 Å². The predicted molar refractivity (Wildman–Crippen MR) is 83.8 cm³/mol. The average Bonchev–Trinajstić information content (AvgIpc) is 2.70. The number of nitrogens with one attached hydrogen (secondary N) is 1. The Kier molecular flexibility index (Phi) is 6.46. The van der Waals surface area contributed by atoms with Crippen LogP contribution in [0.1, 0.15) is 38.5 Å². The fraction of sp³-hybridized carbons (Fsp3) is 0.667. The van der Waals surface area contributed by atoms with Gasteiger partial charge < -0.3 is 5.73 Å². The van der Waals surface area contributed by atoms with Gasteiger partial charge in [0, 0.05) is 17.5 Å². The molecule has 0 radical (unpaired) electrons. The predicted octanol–water partition coefficient (Wildman–Crippen LogP) is 3.07. The summed E-state index contributed by atoms with van der Waals surface area (Å²) in [4.78, 5) is 1.13. The molecule has 1 rings (SSSR count). The molecule has 0 fully saturated rings. The Bertz CT molecular complexity index is 514. The number of sulfonamides is 1. The van der Waals surface area contributed by atoms with Crippen molar-refractivity contribution < 1.29 is 8.42 Å². The number of halogens is 1. The Morgan fingerprint density at radius 3 is 2.58 bits per heavy atom. The SMILES string of the molecule is CCC(C)CC(C)NS(=O)(=O)c1cc(CN)sc1Br. The maximum Gasteiger partial charge on any atom is 0.242 e. The quantitative estimate of drug-likeness (QED) is 0.776. The molecule has 7 heteroatoms. The summed E-state index contributed by atoms with van der Waals surface area (Å²) in [6.45, 7) is 6.47. The Balaban J connectivity index is 2.83. The lowest BCUT2D eigenvalue weighted by Crippen LogP contribution is -2.33. The molecule has 0 aliphatic rings. The molecule has 3 N–H and O–H groups in total. The molecule has 19 heavy (non-hydrogen) atoms. The highest BCUT2D eigenvalue weighted by molar-refractivity contribution is 9.11. The minimum Gasteiger partial charge on any atom is -0.326 e. The second-order valence-electron chi connectivity index (χ2n) is 4.83. The summed E-state index contributed by atoms with van der Waals surface area (Å²) in [6, 6.07) is 1.56. The van der Waals surface area contributed by atoms with Gasteiger partial charge in [0.2, 0.25) is 10.0 Å². The van der Waals surface area contributed by atoms with Crippen molar-refractivity contribution >= 4 is 37.3 Å². The van der Waals surface area contributed by atoms with Crippen LogP contribution in [-0.4, -0.2) is 14.5 Å². The second kappa shape index (κ2) is 7.17. The van der Waals surface area contributed by atoms with Gasteiger partial charge in [-0.15, -0.1) is 11.3 Å². The molecule has 0 aromatic carbocycles. The fourth-order valence-electron chi connectivity index (χ4n) is 1.83. The lowest BCUT2D eigenvalue weighted by atomic mass is 10.0. The van der Waals surface area contributed by atoms with Crippen LogP contribution >= 0.6 is 27.3 Å². The van der Waals surface area contributed by atoms with Crippen molar-refractivity contribution in [2.24, 2.45) is 11.7 Å². The third-order valence-electron chi connectivity index (χ3n) is 3.01. The molecule has 0 aliphatic heterocycles. The monoisotopic (exact) mass is 368 g/mol. The van der Waals surface area contributed by atoms with Crippen LogP contribution in [0.5, 0.6) is 0 Å². The molecule has 2 atom stereocenters. The Labute approximate surface area is 128 Å². The third kappa shape index (κ3) is 4.82. The first-order valence-electron chi connectivity index (χ1n) is 6.30. The average molecular weight is 369 g/mol. The van der Waals surface area contributed by atoms with Crippen molar-refractivity contribution in [3.8, 4) is 0 Å². The molecule has 0 spiro atoms.